The molecule has 0 radical (unpaired) electrons. The first-order chi connectivity index (χ1) is 12.0. The first-order valence-electron chi connectivity index (χ1n) is 8.51. The smallest absolute Gasteiger partial charge is 0.326 e. The number of nitrogens with zero attached hydrogens (tertiary/aromatic N) is 1. The van der Waals surface area contributed by atoms with Gasteiger partial charge in [-0.15, -0.1) is 0 Å². The zero-order valence-corrected chi connectivity index (χ0v) is 16.0. The van der Waals surface area contributed by atoms with Gasteiger partial charge in [-0.05, 0) is 31.5 Å². The summed E-state index contributed by atoms with van der Waals surface area (Å²) in [5.41, 5.74) is 0.544. The number of rotatable bonds is 4. The quantitative estimate of drug-likeness (QED) is 0.559. The van der Waals surface area contributed by atoms with Crippen molar-refractivity contribution in [2.75, 3.05) is 37.9 Å². The van der Waals surface area contributed by atoms with Crippen molar-refractivity contribution in [1.29, 1.82) is 0 Å². The summed E-state index contributed by atoms with van der Waals surface area (Å²) in [6.45, 7) is 5.32. The lowest BCUT2D eigenvalue weighted by Crippen LogP contribution is -2.65. The van der Waals surface area contributed by atoms with Gasteiger partial charge in [-0.2, -0.15) is 0 Å². The second kappa shape index (κ2) is 7.33. The highest BCUT2D eigenvalue weighted by molar-refractivity contribution is 9.10. The number of carbonyl (C=O) groups is 2. The van der Waals surface area contributed by atoms with Gasteiger partial charge in [-0.3, -0.25) is 9.59 Å². The SMILES string of the molecule is CCOC(=O)C1(C(=O)OCC)Cc2ccc(Br)cc2N2CCOCC21. The molecule has 2 aliphatic rings. The fraction of sp³-hybridized carbons (Fsp3) is 0.556. The molecular weight excluding hydrogens is 390 g/mol. The first kappa shape index (κ1) is 18.2. The van der Waals surface area contributed by atoms with Crippen LogP contribution in [0.15, 0.2) is 22.7 Å². The Bertz CT molecular complexity index is 659. The monoisotopic (exact) mass is 411 g/mol. The van der Waals surface area contributed by atoms with Crippen molar-refractivity contribution >= 4 is 33.6 Å². The van der Waals surface area contributed by atoms with Crippen molar-refractivity contribution in [3.63, 3.8) is 0 Å². The number of benzene rings is 1. The summed E-state index contributed by atoms with van der Waals surface area (Å²) in [5, 5.41) is 0. The van der Waals surface area contributed by atoms with Crippen LogP contribution >= 0.6 is 15.9 Å². The fourth-order valence-electron chi connectivity index (χ4n) is 3.69. The van der Waals surface area contributed by atoms with Crippen LogP contribution in [0.2, 0.25) is 0 Å². The molecule has 6 nitrogen and oxygen atoms in total. The predicted molar refractivity (Wildman–Crippen MR) is 95.5 cm³/mol. The van der Waals surface area contributed by atoms with Gasteiger partial charge < -0.3 is 19.1 Å². The molecule has 0 aliphatic carbocycles. The van der Waals surface area contributed by atoms with Crippen molar-refractivity contribution < 1.29 is 23.8 Å². The molecular formula is C18H22BrNO5. The zero-order valence-electron chi connectivity index (χ0n) is 14.4. The van der Waals surface area contributed by atoms with Gasteiger partial charge in [-0.25, -0.2) is 0 Å². The van der Waals surface area contributed by atoms with E-state index >= 15 is 0 Å². The Morgan fingerprint density at radius 2 is 1.96 bits per heavy atom. The van der Waals surface area contributed by atoms with E-state index in [0.29, 0.717) is 13.2 Å². The number of anilines is 1. The minimum absolute atomic E-state index is 0.209. The second-order valence-corrected chi connectivity index (χ2v) is 7.06. The summed E-state index contributed by atoms with van der Waals surface area (Å²) in [6, 6.07) is 5.44. The topological polar surface area (TPSA) is 65.1 Å². The highest BCUT2D eigenvalue weighted by atomic mass is 79.9. The number of hydrogen-bond acceptors (Lipinski definition) is 6. The highest BCUT2D eigenvalue weighted by Crippen LogP contribution is 2.45. The van der Waals surface area contributed by atoms with Gasteiger partial charge in [0.2, 0.25) is 0 Å². The Hall–Kier alpha value is -1.60. The van der Waals surface area contributed by atoms with Gasteiger partial charge in [0.05, 0.1) is 32.5 Å². The number of esters is 2. The van der Waals surface area contributed by atoms with E-state index in [1.54, 1.807) is 13.8 Å². The number of halogens is 1. The normalized spacial score (nSPS) is 21.1. The van der Waals surface area contributed by atoms with E-state index in [9.17, 15) is 9.59 Å². The summed E-state index contributed by atoms with van der Waals surface area (Å²) in [6.07, 6.45) is 0.248. The maximum absolute atomic E-state index is 13.0. The Morgan fingerprint density at radius 1 is 1.28 bits per heavy atom. The van der Waals surface area contributed by atoms with Gasteiger partial charge in [-0.1, -0.05) is 22.0 Å². The molecule has 1 fully saturated rings. The van der Waals surface area contributed by atoms with Crippen LogP contribution in [0.4, 0.5) is 5.69 Å². The Kier molecular flexibility index (Phi) is 5.34. The van der Waals surface area contributed by atoms with Gasteiger partial charge in [0.1, 0.15) is 0 Å². The minimum Gasteiger partial charge on any atom is -0.465 e. The van der Waals surface area contributed by atoms with Crippen LogP contribution in [-0.4, -0.2) is 51.0 Å². The molecule has 0 spiro atoms. The Morgan fingerprint density at radius 3 is 2.60 bits per heavy atom. The molecule has 0 amide bonds. The highest BCUT2D eigenvalue weighted by Gasteiger charge is 2.60. The molecule has 1 atom stereocenters. The molecule has 0 bridgehead atoms. The van der Waals surface area contributed by atoms with Crippen molar-refractivity contribution in [3.8, 4) is 0 Å². The van der Waals surface area contributed by atoms with E-state index in [2.05, 4.69) is 20.8 Å². The molecule has 2 aliphatic heterocycles. The lowest BCUT2D eigenvalue weighted by atomic mass is 9.70. The van der Waals surface area contributed by atoms with Gasteiger partial charge in [0.25, 0.3) is 0 Å². The molecule has 136 valence electrons. The summed E-state index contributed by atoms with van der Waals surface area (Å²) in [7, 11) is 0. The minimum atomic E-state index is -1.41. The largest absolute Gasteiger partial charge is 0.465 e. The van der Waals surface area contributed by atoms with E-state index in [0.717, 1.165) is 15.7 Å². The molecule has 1 aromatic rings. The lowest BCUT2D eigenvalue weighted by molar-refractivity contribution is -0.176. The third-order valence-electron chi connectivity index (χ3n) is 4.80. The van der Waals surface area contributed by atoms with Crippen molar-refractivity contribution in [2.24, 2.45) is 5.41 Å². The maximum Gasteiger partial charge on any atom is 0.326 e. The number of ether oxygens (including phenoxy) is 3. The first-order valence-corrected chi connectivity index (χ1v) is 9.31. The third kappa shape index (κ3) is 3.04. The van der Waals surface area contributed by atoms with Gasteiger partial charge in [0.15, 0.2) is 5.41 Å². The lowest BCUT2D eigenvalue weighted by Gasteiger charge is -2.50. The Balaban J connectivity index is 2.14. The molecule has 7 heteroatoms. The van der Waals surface area contributed by atoms with Crippen molar-refractivity contribution in [3.05, 3.63) is 28.2 Å². The third-order valence-corrected chi connectivity index (χ3v) is 5.30. The number of hydrogen-bond donors (Lipinski definition) is 0. The van der Waals surface area contributed by atoms with Gasteiger partial charge >= 0.3 is 11.9 Å². The van der Waals surface area contributed by atoms with E-state index in [-0.39, 0.29) is 26.2 Å². The summed E-state index contributed by atoms with van der Waals surface area (Å²) >= 11 is 3.50. The molecule has 2 heterocycles. The number of morpholine rings is 1. The predicted octanol–water partition coefficient (Wildman–Crippen LogP) is 2.32. The average Bonchev–Trinajstić information content (AvgIpc) is 2.61. The fourth-order valence-corrected chi connectivity index (χ4v) is 4.04. The van der Waals surface area contributed by atoms with Crippen molar-refractivity contribution in [1.82, 2.24) is 0 Å². The Labute approximate surface area is 155 Å². The van der Waals surface area contributed by atoms with Crippen LogP contribution in [-0.2, 0) is 30.2 Å². The summed E-state index contributed by atoms with van der Waals surface area (Å²) in [4.78, 5) is 28.0. The molecule has 0 saturated carbocycles. The summed E-state index contributed by atoms with van der Waals surface area (Å²) in [5.74, 6) is -1.08. The van der Waals surface area contributed by atoms with E-state index in [1.807, 2.05) is 18.2 Å². The molecule has 25 heavy (non-hydrogen) atoms. The second-order valence-electron chi connectivity index (χ2n) is 6.15. The van der Waals surface area contributed by atoms with Crippen LogP contribution in [0.25, 0.3) is 0 Å². The molecule has 1 aromatic carbocycles. The average molecular weight is 412 g/mol. The number of fused-ring (bicyclic) bond motifs is 3. The van der Waals surface area contributed by atoms with Gasteiger partial charge in [0, 0.05) is 23.1 Å². The maximum atomic E-state index is 13.0. The molecule has 1 unspecified atom stereocenters. The molecule has 0 N–H and O–H groups in total. The van der Waals surface area contributed by atoms with E-state index in [4.69, 9.17) is 14.2 Å². The van der Waals surface area contributed by atoms with E-state index < -0.39 is 23.4 Å². The van der Waals surface area contributed by atoms with Crippen LogP contribution in [0.1, 0.15) is 19.4 Å². The van der Waals surface area contributed by atoms with Crippen molar-refractivity contribution in [2.45, 2.75) is 26.3 Å². The van der Waals surface area contributed by atoms with Crippen LogP contribution in [0.3, 0.4) is 0 Å². The van der Waals surface area contributed by atoms with Crippen LogP contribution in [0, 0.1) is 5.41 Å². The van der Waals surface area contributed by atoms with Crippen LogP contribution in [0.5, 0.6) is 0 Å². The molecule has 1 saturated heterocycles. The zero-order chi connectivity index (χ0) is 18.0. The molecule has 3 rings (SSSR count). The standard InChI is InChI=1S/C18H22BrNO5/c1-3-24-16(21)18(17(22)25-4-2)10-12-5-6-13(19)9-14(12)20-7-8-23-11-15(18)20/h5-6,9,15H,3-4,7-8,10-11H2,1-2H3. The van der Waals surface area contributed by atoms with E-state index in [1.165, 1.54) is 0 Å². The molecule has 0 aromatic heterocycles. The summed E-state index contributed by atoms with van der Waals surface area (Å²) < 4.78 is 17.2. The van der Waals surface area contributed by atoms with Crippen LogP contribution < -0.4 is 4.90 Å². The number of carbonyl (C=O) groups excluding carboxylic acids is 2.